The first-order chi connectivity index (χ1) is 13.7. The van der Waals surface area contributed by atoms with Crippen molar-refractivity contribution in [3.63, 3.8) is 0 Å². The molecule has 0 spiro atoms. The highest BCUT2D eigenvalue weighted by molar-refractivity contribution is 14.0. The van der Waals surface area contributed by atoms with Gasteiger partial charge in [-0.15, -0.1) is 24.0 Å². The maximum atomic E-state index is 12.5. The molecule has 1 saturated heterocycles. The lowest BCUT2D eigenvalue weighted by atomic mass is 10.1. The van der Waals surface area contributed by atoms with Crippen LogP contribution in [0.3, 0.4) is 0 Å². The molecule has 2 N–H and O–H groups in total. The summed E-state index contributed by atoms with van der Waals surface area (Å²) in [4.78, 5) is 35.2. The number of piperazine rings is 1. The second-order valence-corrected chi connectivity index (χ2v) is 9.28. The van der Waals surface area contributed by atoms with E-state index in [1.54, 1.807) is 7.05 Å². The number of carbonyl (C=O) groups is 2. The van der Waals surface area contributed by atoms with E-state index in [1.807, 2.05) is 32.7 Å². The van der Waals surface area contributed by atoms with Crippen LogP contribution in [0, 0.1) is 5.92 Å². The molecule has 30 heavy (non-hydrogen) atoms. The number of rotatable bonds is 6. The lowest BCUT2D eigenvalue weighted by Gasteiger charge is -2.36. The van der Waals surface area contributed by atoms with Crippen LogP contribution in [-0.4, -0.2) is 97.9 Å². The van der Waals surface area contributed by atoms with Gasteiger partial charge in [0.1, 0.15) is 0 Å². The molecule has 0 unspecified atom stereocenters. The standard InChI is InChI=1S/C21H40N6O2.HI/c1-21(2,3)24-18(28)16-25(5)20(22-4)23-10-11-26-12-14-27(15-13-26)19(29)17-8-6-7-9-17;/h17H,6-16H2,1-5H3,(H,22,23)(H,24,28);1H. The minimum absolute atomic E-state index is 0. The molecule has 9 heteroatoms. The molecule has 0 radical (unpaired) electrons. The molecular weight excluding hydrogens is 495 g/mol. The number of likely N-dealkylation sites (N-methyl/N-ethyl adjacent to an activating group) is 1. The first-order valence-electron chi connectivity index (χ1n) is 10.9. The summed E-state index contributed by atoms with van der Waals surface area (Å²) in [5.74, 6) is 1.34. The number of hydrogen-bond acceptors (Lipinski definition) is 4. The number of nitrogens with one attached hydrogen (secondary N) is 2. The lowest BCUT2D eigenvalue weighted by Crippen LogP contribution is -2.52. The van der Waals surface area contributed by atoms with Crippen molar-refractivity contribution in [1.29, 1.82) is 0 Å². The van der Waals surface area contributed by atoms with Gasteiger partial charge in [-0.1, -0.05) is 12.8 Å². The molecule has 0 atom stereocenters. The summed E-state index contributed by atoms with van der Waals surface area (Å²) < 4.78 is 0. The molecule has 0 aromatic rings. The van der Waals surface area contributed by atoms with Gasteiger partial charge in [-0.2, -0.15) is 0 Å². The van der Waals surface area contributed by atoms with E-state index >= 15 is 0 Å². The molecule has 1 aliphatic carbocycles. The smallest absolute Gasteiger partial charge is 0.240 e. The predicted octanol–water partition coefficient (Wildman–Crippen LogP) is 1.36. The van der Waals surface area contributed by atoms with Gasteiger partial charge in [-0.25, -0.2) is 0 Å². The first-order valence-corrected chi connectivity index (χ1v) is 10.9. The molecule has 2 amide bonds. The second-order valence-electron chi connectivity index (χ2n) is 9.28. The van der Waals surface area contributed by atoms with Gasteiger partial charge in [0.05, 0.1) is 6.54 Å². The normalized spacial score (nSPS) is 18.7. The van der Waals surface area contributed by atoms with Gasteiger partial charge < -0.3 is 20.4 Å². The number of halogens is 1. The first kappa shape index (κ1) is 26.9. The molecule has 0 aromatic carbocycles. The fourth-order valence-corrected chi connectivity index (χ4v) is 4.08. The Labute approximate surface area is 199 Å². The number of hydrogen-bond donors (Lipinski definition) is 2. The average molecular weight is 537 g/mol. The van der Waals surface area contributed by atoms with Crippen molar-refractivity contribution in [2.75, 3.05) is 59.9 Å². The Morgan fingerprint density at radius 2 is 1.70 bits per heavy atom. The molecule has 2 aliphatic rings. The van der Waals surface area contributed by atoms with Gasteiger partial charge in [0.25, 0.3) is 0 Å². The Morgan fingerprint density at radius 1 is 1.10 bits per heavy atom. The summed E-state index contributed by atoms with van der Waals surface area (Å²) >= 11 is 0. The third kappa shape index (κ3) is 8.95. The molecule has 174 valence electrons. The van der Waals surface area contributed by atoms with E-state index in [0.29, 0.717) is 11.9 Å². The van der Waals surface area contributed by atoms with E-state index in [1.165, 1.54) is 12.8 Å². The molecule has 0 aromatic heterocycles. The predicted molar refractivity (Wildman–Crippen MR) is 132 cm³/mol. The summed E-state index contributed by atoms with van der Waals surface area (Å²) in [6, 6.07) is 0. The van der Waals surface area contributed by atoms with E-state index in [0.717, 1.165) is 52.1 Å². The van der Waals surface area contributed by atoms with Gasteiger partial charge in [0.15, 0.2) is 5.96 Å². The van der Waals surface area contributed by atoms with Crippen LogP contribution in [-0.2, 0) is 9.59 Å². The van der Waals surface area contributed by atoms with Crippen molar-refractivity contribution in [2.45, 2.75) is 52.0 Å². The summed E-state index contributed by atoms with van der Waals surface area (Å²) in [5.41, 5.74) is -0.240. The van der Waals surface area contributed by atoms with Crippen LogP contribution < -0.4 is 10.6 Å². The van der Waals surface area contributed by atoms with Crippen LogP contribution in [0.2, 0.25) is 0 Å². The molecule has 1 aliphatic heterocycles. The molecule has 0 bridgehead atoms. The van der Waals surface area contributed by atoms with Gasteiger partial charge in [-0.05, 0) is 33.6 Å². The fourth-order valence-electron chi connectivity index (χ4n) is 4.08. The fraction of sp³-hybridized carbons (Fsp3) is 0.857. The topological polar surface area (TPSA) is 80.3 Å². The molecule has 2 rings (SSSR count). The van der Waals surface area contributed by atoms with Crippen LogP contribution in [0.15, 0.2) is 4.99 Å². The highest BCUT2D eigenvalue weighted by Gasteiger charge is 2.29. The number of aliphatic imine (C=N–C) groups is 1. The van der Waals surface area contributed by atoms with Gasteiger partial charge in [0, 0.05) is 64.8 Å². The number of guanidine groups is 1. The summed E-state index contributed by atoms with van der Waals surface area (Å²) in [6.07, 6.45) is 4.55. The molecular formula is C21H41IN6O2. The van der Waals surface area contributed by atoms with Crippen molar-refractivity contribution in [1.82, 2.24) is 25.3 Å². The van der Waals surface area contributed by atoms with E-state index in [9.17, 15) is 9.59 Å². The third-order valence-electron chi connectivity index (χ3n) is 5.57. The number of carbonyl (C=O) groups excluding carboxylic acids is 2. The number of nitrogens with zero attached hydrogens (tertiary/aromatic N) is 4. The largest absolute Gasteiger partial charge is 0.355 e. The molecule has 1 heterocycles. The Balaban J connectivity index is 0.00000450. The van der Waals surface area contributed by atoms with Gasteiger partial charge in [-0.3, -0.25) is 19.5 Å². The van der Waals surface area contributed by atoms with E-state index in [4.69, 9.17) is 0 Å². The van der Waals surface area contributed by atoms with Gasteiger partial charge >= 0.3 is 0 Å². The van der Waals surface area contributed by atoms with Crippen LogP contribution in [0.4, 0.5) is 0 Å². The average Bonchev–Trinajstić information content (AvgIpc) is 3.18. The lowest BCUT2D eigenvalue weighted by molar-refractivity contribution is -0.137. The Kier molecular flexibility index (Phi) is 11.4. The minimum atomic E-state index is -0.240. The quantitative estimate of drug-likeness (QED) is 0.305. The highest BCUT2D eigenvalue weighted by Crippen LogP contribution is 2.26. The molecule has 1 saturated carbocycles. The van der Waals surface area contributed by atoms with Gasteiger partial charge in [0.2, 0.25) is 11.8 Å². The zero-order chi connectivity index (χ0) is 21.4. The maximum Gasteiger partial charge on any atom is 0.240 e. The van der Waals surface area contributed by atoms with Crippen molar-refractivity contribution < 1.29 is 9.59 Å². The molecule has 2 fully saturated rings. The van der Waals surface area contributed by atoms with Crippen molar-refractivity contribution in [2.24, 2.45) is 10.9 Å². The van der Waals surface area contributed by atoms with Crippen LogP contribution in [0.1, 0.15) is 46.5 Å². The van der Waals surface area contributed by atoms with E-state index in [2.05, 4.69) is 25.4 Å². The van der Waals surface area contributed by atoms with Crippen LogP contribution in [0.5, 0.6) is 0 Å². The van der Waals surface area contributed by atoms with E-state index in [-0.39, 0.29) is 47.9 Å². The Hall–Kier alpha value is -1.10. The third-order valence-corrected chi connectivity index (χ3v) is 5.57. The monoisotopic (exact) mass is 536 g/mol. The highest BCUT2D eigenvalue weighted by atomic mass is 127. The summed E-state index contributed by atoms with van der Waals surface area (Å²) in [7, 11) is 3.60. The Bertz CT molecular complexity index is 579. The minimum Gasteiger partial charge on any atom is -0.355 e. The van der Waals surface area contributed by atoms with Crippen molar-refractivity contribution in [3.05, 3.63) is 0 Å². The maximum absolute atomic E-state index is 12.5. The summed E-state index contributed by atoms with van der Waals surface area (Å²) in [5, 5.41) is 6.30. The zero-order valence-corrected chi connectivity index (χ0v) is 21.7. The zero-order valence-electron chi connectivity index (χ0n) is 19.4. The van der Waals surface area contributed by atoms with E-state index < -0.39 is 0 Å². The SMILES string of the molecule is CN=C(NCCN1CCN(C(=O)C2CCCC2)CC1)N(C)CC(=O)NC(C)(C)C.I. The molecule has 8 nitrogen and oxygen atoms in total. The second kappa shape index (κ2) is 12.7. The Morgan fingerprint density at radius 3 is 2.23 bits per heavy atom. The summed E-state index contributed by atoms with van der Waals surface area (Å²) in [6.45, 7) is 11.3. The van der Waals surface area contributed by atoms with Crippen LogP contribution in [0.25, 0.3) is 0 Å². The number of amides is 2. The van der Waals surface area contributed by atoms with Crippen molar-refractivity contribution in [3.8, 4) is 0 Å². The van der Waals surface area contributed by atoms with Crippen LogP contribution >= 0.6 is 24.0 Å². The van der Waals surface area contributed by atoms with Crippen molar-refractivity contribution >= 4 is 41.8 Å².